The van der Waals surface area contributed by atoms with Crippen molar-refractivity contribution in [2.75, 3.05) is 26.3 Å². The Balaban J connectivity index is 1.97. The van der Waals surface area contributed by atoms with Crippen molar-refractivity contribution in [3.05, 3.63) is 23.8 Å². The molecule has 2 rings (SSSR count). The molecule has 21 heavy (non-hydrogen) atoms. The van der Waals surface area contributed by atoms with Crippen LogP contribution in [0.1, 0.15) is 17.3 Å². The molecule has 0 saturated carbocycles. The van der Waals surface area contributed by atoms with Crippen molar-refractivity contribution in [1.29, 1.82) is 0 Å². The molecule has 7 heteroatoms. The molecule has 3 N–H and O–H groups in total. The molecule has 1 atom stereocenters. The lowest BCUT2D eigenvalue weighted by molar-refractivity contribution is -0.136. The molecule has 2 amide bonds. The zero-order valence-corrected chi connectivity index (χ0v) is 11.7. The van der Waals surface area contributed by atoms with Gasteiger partial charge in [0.25, 0.3) is 5.91 Å². The summed E-state index contributed by atoms with van der Waals surface area (Å²) in [5, 5.41) is 21.2. The third kappa shape index (κ3) is 3.63. The van der Waals surface area contributed by atoms with Crippen LogP contribution in [0, 0.1) is 0 Å². The van der Waals surface area contributed by atoms with E-state index in [2.05, 4.69) is 5.32 Å². The molecule has 0 aliphatic carbocycles. The van der Waals surface area contributed by atoms with Gasteiger partial charge in [-0.15, -0.1) is 0 Å². The fourth-order valence-corrected chi connectivity index (χ4v) is 2.06. The van der Waals surface area contributed by atoms with Crippen molar-refractivity contribution in [3.8, 4) is 11.5 Å². The van der Waals surface area contributed by atoms with Crippen molar-refractivity contribution in [2.24, 2.45) is 0 Å². The maximum Gasteiger partial charge on any atom is 0.252 e. The Kier molecular flexibility index (Phi) is 4.64. The van der Waals surface area contributed by atoms with E-state index >= 15 is 0 Å². The Bertz CT molecular complexity index is 540. The number of hydrogen-bond donors (Lipinski definition) is 3. The summed E-state index contributed by atoms with van der Waals surface area (Å²) >= 11 is 0. The Labute approximate surface area is 122 Å². The van der Waals surface area contributed by atoms with Gasteiger partial charge in [0, 0.05) is 18.7 Å². The number of aromatic hydroxyl groups is 2. The maximum absolute atomic E-state index is 12.2. The van der Waals surface area contributed by atoms with E-state index in [1.807, 2.05) is 0 Å². The molecule has 114 valence electrons. The van der Waals surface area contributed by atoms with Crippen LogP contribution in [0.4, 0.5) is 0 Å². The summed E-state index contributed by atoms with van der Waals surface area (Å²) < 4.78 is 5.17. The minimum absolute atomic E-state index is 0.172. The van der Waals surface area contributed by atoms with E-state index in [1.165, 1.54) is 12.1 Å². The molecule has 0 aromatic heterocycles. The number of phenolic OH excluding ortho intramolecular Hbond substituents is 2. The number of ether oxygens (including phenoxy) is 1. The maximum atomic E-state index is 12.2. The smallest absolute Gasteiger partial charge is 0.252 e. The molecule has 0 spiro atoms. The van der Waals surface area contributed by atoms with Crippen molar-refractivity contribution in [3.63, 3.8) is 0 Å². The number of morpholine rings is 1. The molecule has 0 bridgehead atoms. The summed E-state index contributed by atoms with van der Waals surface area (Å²) in [7, 11) is 0. The van der Waals surface area contributed by atoms with Gasteiger partial charge in [0.1, 0.15) is 6.04 Å². The van der Waals surface area contributed by atoms with Crippen molar-refractivity contribution >= 4 is 11.8 Å². The Morgan fingerprint density at radius 2 is 1.90 bits per heavy atom. The molecule has 1 aliphatic rings. The zero-order valence-electron chi connectivity index (χ0n) is 11.7. The summed E-state index contributed by atoms with van der Waals surface area (Å²) in [6, 6.07) is 3.07. The van der Waals surface area contributed by atoms with E-state index in [9.17, 15) is 19.8 Å². The van der Waals surface area contributed by atoms with Gasteiger partial charge in [-0.05, 0) is 25.1 Å². The molecule has 1 aromatic carbocycles. The van der Waals surface area contributed by atoms with Gasteiger partial charge in [0.2, 0.25) is 5.91 Å². The molecule has 1 aromatic rings. The number of nitrogens with one attached hydrogen (secondary N) is 1. The number of carbonyl (C=O) groups excluding carboxylic acids is 2. The fourth-order valence-electron chi connectivity index (χ4n) is 2.06. The number of carbonyl (C=O) groups is 2. The van der Waals surface area contributed by atoms with Crippen LogP contribution in [-0.2, 0) is 9.53 Å². The number of rotatable bonds is 3. The lowest BCUT2D eigenvalue weighted by atomic mass is 10.1. The number of nitrogens with zero attached hydrogens (tertiary/aromatic N) is 1. The van der Waals surface area contributed by atoms with Crippen LogP contribution in [0.2, 0.25) is 0 Å². The van der Waals surface area contributed by atoms with Crippen LogP contribution in [0.5, 0.6) is 11.5 Å². The molecule has 1 saturated heterocycles. The Morgan fingerprint density at radius 3 is 2.52 bits per heavy atom. The lowest BCUT2D eigenvalue weighted by Gasteiger charge is -2.29. The van der Waals surface area contributed by atoms with Crippen LogP contribution in [-0.4, -0.2) is 59.3 Å². The van der Waals surface area contributed by atoms with E-state index in [4.69, 9.17) is 4.74 Å². The third-order valence-corrected chi connectivity index (χ3v) is 3.28. The SMILES string of the molecule is CC(NC(=O)c1ccc(O)c(O)c1)C(=O)N1CCOCC1. The highest BCUT2D eigenvalue weighted by molar-refractivity contribution is 5.97. The number of hydrogen-bond acceptors (Lipinski definition) is 5. The predicted octanol–water partition coefficient (Wildman–Crippen LogP) is 0.0749. The summed E-state index contributed by atoms with van der Waals surface area (Å²) in [4.78, 5) is 25.8. The van der Waals surface area contributed by atoms with Crippen molar-refractivity contribution in [1.82, 2.24) is 10.2 Å². The highest BCUT2D eigenvalue weighted by atomic mass is 16.5. The average molecular weight is 294 g/mol. The van der Waals surface area contributed by atoms with Crippen LogP contribution >= 0.6 is 0 Å². The summed E-state index contributed by atoms with van der Waals surface area (Å²) in [6.45, 7) is 3.63. The second-order valence-electron chi connectivity index (χ2n) is 4.84. The van der Waals surface area contributed by atoms with E-state index < -0.39 is 11.9 Å². The molecule has 1 heterocycles. The summed E-state index contributed by atoms with van der Waals surface area (Å²) in [5.41, 5.74) is 0.173. The molecule has 1 fully saturated rings. The summed E-state index contributed by atoms with van der Waals surface area (Å²) in [5.74, 6) is -1.34. The van der Waals surface area contributed by atoms with Crippen LogP contribution in [0.3, 0.4) is 0 Å². The quantitative estimate of drug-likeness (QED) is 0.685. The first-order valence-corrected chi connectivity index (χ1v) is 6.68. The number of phenols is 2. The first-order valence-electron chi connectivity index (χ1n) is 6.68. The molecule has 0 radical (unpaired) electrons. The lowest BCUT2D eigenvalue weighted by Crippen LogP contribution is -2.50. The molecular formula is C14H18N2O5. The molecule has 7 nitrogen and oxygen atoms in total. The average Bonchev–Trinajstić information content (AvgIpc) is 2.50. The fraction of sp³-hybridized carbons (Fsp3) is 0.429. The highest BCUT2D eigenvalue weighted by Gasteiger charge is 2.24. The van der Waals surface area contributed by atoms with Gasteiger partial charge in [-0.3, -0.25) is 9.59 Å². The van der Waals surface area contributed by atoms with Gasteiger partial charge in [0.15, 0.2) is 11.5 Å². The monoisotopic (exact) mass is 294 g/mol. The zero-order chi connectivity index (χ0) is 15.4. The number of amides is 2. The van der Waals surface area contributed by atoms with E-state index in [1.54, 1.807) is 11.8 Å². The van der Waals surface area contributed by atoms with Crippen molar-refractivity contribution in [2.45, 2.75) is 13.0 Å². The second kappa shape index (κ2) is 6.45. The van der Waals surface area contributed by atoms with E-state index in [0.29, 0.717) is 26.3 Å². The Hall–Kier alpha value is -2.28. The van der Waals surface area contributed by atoms with E-state index in [-0.39, 0.29) is 23.0 Å². The normalized spacial score (nSPS) is 16.3. The molecular weight excluding hydrogens is 276 g/mol. The second-order valence-corrected chi connectivity index (χ2v) is 4.84. The first-order chi connectivity index (χ1) is 9.99. The van der Waals surface area contributed by atoms with E-state index in [0.717, 1.165) is 6.07 Å². The predicted molar refractivity (Wildman–Crippen MR) is 74.1 cm³/mol. The minimum atomic E-state index is -0.674. The van der Waals surface area contributed by atoms with Gasteiger partial charge < -0.3 is 25.2 Å². The summed E-state index contributed by atoms with van der Waals surface area (Å²) in [6.07, 6.45) is 0. The topological polar surface area (TPSA) is 99.1 Å². The van der Waals surface area contributed by atoms with Gasteiger partial charge in [0.05, 0.1) is 13.2 Å². The van der Waals surface area contributed by atoms with Crippen LogP contribution in [0.25, 0.3) is 0 Å². The number of benzene rings is 1. The molecule has 1 aliphatic heterocycles. The molecule has 1 unspecified atom stereocenters. The van der Waals surface area contributed by atoms with Gasteiger partial charge in [-0.25, -0.2) is 0 Å². The largest absolute Gasteiger partial charge is 0.504 e. The highest BCUT2D eigenvalue weighted by Crippen LogP contribution is 2.24. The third-order valence-electron chi connectivity index (χ3n) is 3.28. The van der Waals surface area contributed by atoms with Crippen LogP contribution in [0.15, 0.2) is 18.2 Å². The van der Waals surface area contributed by atoms with Crippen LogP contribution < -0.4 is 5.32 Å². The van der Waals surface area contributed by atoms with Gasteiger partial charge in [-0.1, -0.05) is 0 Å². The van der Waals surface area contributed by atoms with Crippen molar-refractivity contribution < 1.29 is 24.5 Å². The van der Waals surface area contributed by atoms with Gasteiger partial charge >= 0.3 is 0 Å². The van der Waals surface area contributed by atoms with Gasteiger partial charge in [-0.2, -0.15) is 0 Å². The first kappa shape index (κ1) is 15.1. The standard InChI is InChI=1S/C14H18N2O5/c1-9(14(20)16-4-6-21-7-5-16)15-13(19)10-2-3-11(17)12(18)8-10/h2-3,8-9,17-18H,4-7H2,1H3,(H,15,19). The minimum Gasteiger partial charge on any atom is -0.504 e. The Morgan fingerprint density at radius 1 is 1.24 bits per heavy atom.